The second kappa shape index (κ2) is 7.13. The highest BCUT2D eigenvalue weighted by Crippen LogP contribution is 2.29. The van der Waals surface area contributed by atoms with Gasteiger partial charge in [-0.15, -0.1) is 0 Å². The minimum absolute atomic E-state index is 0.223. The number of aliphatic hydroxyl groups excluding tert-OH is 1. The summed E-state index contributed by atoms with van der Waals surface area (Å²) in [4.78, 5) is 4.82. The Hall–Kier alpha value is -1.31. The largest absolute Gasteiger partial charge is 0.397 e. The summed E-state index contributed by atoms with van der Waals surface area (Å²) >= 11 is 2.37. The number of hydrogen-bond acceptors (Lipinski definition) is 4. The standard InChI is InChI=1S/C20H24IN3O/c21-16-6-5-14-13-20(25)19(12-15(14)11-16)24-9-7-23(8-10-24)18-4-2-1-3-17(18)22/h1-6,11,19-20,25H,7-10,12-13,22H2/t19-,20-/m1/s1. The molecule has 5 heteroatoms. The molecule has 132 valence electrons. The zero-order valence-electron chi connectivity index (χ0n) is 14.2. The van der Waals surface area contributed by atoms with E-state index < -0.39 is 0 Å². The number of nitrogen functional groups attached to an aromatic ring is 1. The topological polar surface area (TPSA) is 52.7 Å². The normalized spacial score (nSPS) is 24.2. The number of nitrogens with zero attached hydrogens (tertiary/aromatic N) is 2. The molecule has 0 spiro atoms. The van der Waals surface area contributed by atoms with Crippen LogP contribution < -0.4 is 10.6 Å². The number of para-hydroxylation sites is 2. The van der Waals surface area contributed by atoms with E-state index in [2.05, 4.69) is 56.7 Å². The molecule has 0 aromatic heterocycles. The fourth-order valence-electron chi connectivity index (χ4n) is 4.15. The molecule has 1 fully saturated rings. The minimum Gasteiger partial charge on any atom is -0.397 e. The van der Waals surface area contributed by atoms with Crippen LogP contribution in [0.4, 0.5) is 11.4 Å². The Morgan fingerprint density at radius 2 is 1.72 bits per heavy atom. The van der Waals surface area contributed by atoms with Crippen molar-refractivity contribution in [2.45, 2.75) is 25.0 Å². The highest BCUT2D eigenvalue weighted by atomic mass is 127. The maximum atomic E-state index is 10.7. The summed E-state index contributed by atoms with van der Waals surface area (Å²) in [6.45, 7) is 3.85. The molecule has 4 rings (SSSR count). The minimum atomic E-state index is -0.277. The van der Waals surface area contributed by atoms with Crippen LogP contribution in [0.25, 0.3) is 0 Å². The van der Waals surface area contributed by atoms with Crippen molar-refractivity contribution in [1.82, 2.24) is 4.90 Å². The zero-order chi connectivity index (χ0) is 17.4. The molecule has 0 unspecified atom stereocenters. The van der Waals surface area contributed by atoms with Crippen LogP contribution in [0, 0.1) is 3.57 Å². The molecule has 2 atom stereocenters. The van der Waals surface area contributed by atoms with E-state index in [0.29, 0.717) is 0 Å². The predicted molar refractivity (Wildman–Crippen MR) is 111 cm³/mol. The molecule has 2 aromatic carbocycles. The summed E-state index contributed by atoms with van der Waals surface area (Å²) in [6, 6.07) is 14.9. The van der Waals surface area contributed by atoms with Crippen LogP contribution in [-0.2, 0) is 12.8 Å². The molecule has 2 aromatic rings. The van der Waals surface area contributed by atoms with E-state index >= 15 is 0 Å². The first-order valence-corrected chi connectivity index (χ1v) is 9.98. The number of rotatable bonds is 2. The van der Waals surface area contributed by atoms with Gasteiger partial charge in [0, 0.05) is 42.2 Å². The van der Waals surface area contributed by atoms with Crippen LogP contribution >= 0.6 is 22.6 Å². The molecule has 4 nitrogen and oxygen atoms in total. The van der Waals surface area contributed by atoms with Crippen molar-refractivity contribution in [2.75, 3.05) is 36.8 Å². The lowest BCUT2D eigenvalue weighted by Gasteiger charge is -2.43. The second-order valence-corrected chi connectivity index (χ2v) is 8.28. The molecule has 3 N–H and O–H groups in total. The first kappa shape index (κ1) is 17.1. The molecule has 1 aliphatic heterocycles. The van der Waals surface area contributed by atoms with Gasteiger partial charge in [-0.2, -0.15) is 0 Å². The zero-order valence-corrected chi connectivity index (χ0v) is 16.4. The molecular formula is C20H24IN3O. The molecule has 25 heavy (non-hydrogen) atoms. The van der Waals surface area contributed by atoms with Gasteiger partial charge >= 0.3 is 0 Å². The van der Waals surface area contributed by atoms with E-state index in [9.17, 15) is 5.11 Å². The summed E-state index contributed by atoms with van der Waals surface area (Å²) in [5, 5.41) is 10.7. The lowest BCUT2D eigenvalue weighted by atomic mass is 9.85. The quantitative estimate of drug-likeness (QED) is 0.547. The maximum Gasteiger partial charge on any atom is 0.0739 e. The molecule has 1 heterocycles. The number of piperazine rings is 1. The number of nitrogens with two attached hydrogens (primary N) is 1. The lowest BCUT2D eigenvalue weighted by molar-refractivity contribution is 0.0395. The van der Waals surface area contributed by atoms with E-state index in [1.807, 2.05) is 18.2 Å². The average Bonchev–Trinajstić information content (AvgIpc) is 2.62. The van der Waals surface area contributed by atoms with E-state index in [0.717, 1.165) is 50.4 Å². The number of anilines is 2. The van der Waals surface area contributed by atoms with E-state index in [-0.39, 0.29) is 12.1 Å². The van der Waals surface area contributed by atoms with Crippen molar-refractivity contribution < 1.29 is 5.11 Å². The van der Waals surface area contributed by atoms with Gasteiger partial charge in [-0.1, -0.05) is 18.2 Å². The number of hydrogen-bond donors (Lipinski definition) is 2. The van der Waals surface area contributed by atoms with Crippen LogP contribution in [0.5, 0.6) is 0 Å². The van der Waals surface area contributed by atoms with Crippen molar-refractivity contribution in [3.05, 3.63) is 57.2 Å². The van der Waals surface area contributed by atoms with E-state index in [1.165, 1.54) is 14.7 Å². The van der Waals surface area contributed by atoms with Crippen molar-refractivity contribution in [3.63, 3.8) is 0 Å². The Morgan fingerprint density at radius 3 is 2.48 bits per heavy atom. The van der Waals surface area contributed by atoms with Gasteiger partial charge in [-0.3, -0.25) is 4.90 Å². The smallest absolute Gasteiger partial charge is 0.0739 e. The Morgan fingerprint density at radius 1 is 0.960 bits per heavy atom. The Kier molecular flexibility index (Phi) is 4.88. The molecule has 1 saturated heterocycles. The maximum absolute atomic E-state index is 10.7. The third kappa shape index (κ3) is 3.50. The fraction of sp³-hybridized carbons (Fsp3) is 0.400. The Labute approximate surface area is 162 Å². The van der Waals surface area contributed by atoms with Gasteiger partial charge < -0.3 is 15.7 Å². The first-order valence-electron chi connectivity index (χ1n) is 8.90. The summed E-state index contributed by atoms with van der Waals surface area (Å²) in [6.07, 6.45) is 1.43. The molecule has 0 saturated carbocycles. The van der Waals surface area contributed by atoms with E-state index in [4.69, 9.17) is 5.73 Å². The van der Waals surface area contributed by atoms with Crippen molar-refractivity contribution in [2.24, 2.45) is 0 Å². The van der Waals surface area contributed by atoms with E-state index in [1.54, 1.807) is 0 Å². The summed E-state index contributed by atoms with van der Waals surface area (Å²) in [7, 11) is 0. The monoisotopic (exact) mass is 449 g/mol. The van der Waals surface area contributed by atoms with Gasteiger partial charge in [0.2, 0.25) is 0 Å². The van der Waals surface area contributed by atoms with Gasteiger partial charge in [-0.05, 0) is 64.4 Å². The molecule has 1 aliphatic carbocycles. The van der Waals surface area contributed by atoms with Gasteiger partial charge in [0.25, 0.3) is 0 Å². The third-order valence-electron chi connectivity index (χ3n) is 5.53. The Bertz CT molecular complexity index is 758. The summed E-state index contributed by atoms with van der Waals surface area (Å²) in [5.74, 6) is 0. The van der Waals surface area contributed by atoms with Gasteiger partial charge in [0.15, 0.2) is 0 Å². The van der Waals surface area contributed by atoms with Gasteiger partial charge in [-0.25, -0.2) is 0 Å². The second-order valence-electron chi connectivity index (χ2n) is 7.04. The summed E-state index contributed by atoms with van der Waals surface area (Å²) < 4.78 is 1.27. The molecule has 0 amide bonds. The van der Waals surface area contributed by atoms with Gasteiger partial charge in [0.1, 0.15) is 0 Å². The first-order chi connectivity index (χ1) is 12.1. The highest BCUT2D eigenvalue weighted by molar-refractivity contribution is 14.1. The van der Waals surface area contributed by atoms with Gasteiger partial charge in [0.05, 0.1) is 17.5 Å². The van der Waals surface area contributed by atoms with Crippen LogP contribution in [0.15, 0.2) is 42.5 Å². The highest BCUT2D eigenvalue weighted by Gasteiger charge is 2.33. The average molecular weight is 449 g/mol. The number of benzene rings is 2. The number of fused-ring (bicyclic) bond motifs is 1. The molecule has 2 aliphatic rings. The van der Waals surface area contributed by atoms with Crippen LogP contribution in [-0.4, -0.2) is 48.3 Å². The fourth-order valence-corrected chi connectivity index (χ4v) is 4.70. The van der Waals surface area contributed by atoms with Crippen LogP contribution in [0.3, 0.4) is 0 Å². The number of halogens is 1. The lowest BCUT2D eigenvalue weighted by Crippen LogP contribution is -2.56. The van der Waals surface area contributed by atoms with Crippen molar-refractivity contribution >= 4 is 34.0 Å². The van der Waals surface area contributed by atoms with Crippen molar-refractivity contribution in [1.29, 1.82) is 0 Å². The Balaban J connectivity index is 1.45. The molecule has 0 radical (unpaired) electrons. The third-order valence-corrected chi connectivity index (χ3v) is 6.20. The molecule has 0 bridgehead atoms. The molecular weight excluding hydrogens is 425 g/mol. The summed E-state index contributed by atoms with van der Waals surface area (Å²) in [5.41, 5.74) is 10.8. The predicted octanol–water partition coefficient (Wildman–Crippen LogP) is 2.52. The van der Waals surface area contributed by atoms with Crippen molar-refractivity contribution in [3.8, 4) is 0 Å². The van der Waals surface area contributed by atoms with Crippen LogP contribution in [0.1, 0.15) is 11.1 Å². The van der Waals surface area contributed by atoms with Crippen LogP contribution in [0.2, 0.25) is 0 Å². The number of aliphatic hydroxyl groups is 1. The SMILES string of the molecule is Nc1ccccc1N1CCN([C@@H]2Cc3cc(I)ccc3C[C@H]2O)CC1.